The number of carbonyl (C=O) groups is 3. The van der Waals surface area contributed by atoms with Crippen molar-refractivity contribution in [2.75, 3.05) is 21.3 Å². The van der Waals surface area contributed by atoms with Crippen LogP contribution >= 0.6 is 0 Å². The van der Waals surface area contributed by atoms with Gasteiger partial charge in [0.15, 0.2) is 6.10 Å². The van der Waals surface area contributed by atoms with Crippen molar-refractivity contribution in [2.45, 2.75) is 25.5 Å². The Morgan fingerprint density at radius 1 is 1.00 bits per heavy atom. The Bertz CT molecular complexity index is 559. The maximum atomic E-state index is 12.5. The summed E-state index contributed by atoms with van der Waals surface area (Å²) in [5.41, 5.74) is 0.655. The van der Waals surface area contributed by atoms with Gasteiger partial charge in [0.05, 0.1) is 20.1 Å². The standard InChI is InChI=1S/C17H23NO6/c1-11(16(20)23-3)10-13(17(21)24-4)18-15(19)14(22-2)12-8-6-5-7-9-12/h5-9,11,13-14H,10H2,1-4H3,(H,18,19)/t11-,13+,14+/m0/s1. The molecule has 0 saturated carbocycles. The van der Waals surface area contributed by atoms with Gasteiger partial charge in [-0.25, -0.2) is 4.79 Å². The molecule has 0 saturated heterocycles. The highest BCUT2D eigenvalue weighted by Gasteiger charge is 2.30. The minimum atomic E-state index is -0.974. The Kier molecular flexibility index (Phi) is 7.91. The van der Waals surface area contributed by atoms with E-state index >= 15 is 0 Å². The highest BCUT2D eigenvalue weighted by molar-refractivity contribution is 5.88. The summed E-state index contributed by atoms with van der Waals surface area (Å²) in [6.45, 7) is 1.61. The van der Waals surface area contributed by atoms with Crippen molar-refractivity contribution < 1.29 is 28.6 Å². The molecule has 1 amide bonds. The van der Waals surface area contributed by atoms with Crippen LogP contribution in [0.15, 0.2) is 30.3 Å². The summed E-state index contributed by atoms with van der Waals surface area (Å²) >= 11 is 0. The van der Waals surface area contributed by atoms with E-state index in [1.807, 2.05) is 6.07 Å². The lowest BCUT2D eigenvalue weighted by molar-refractivity contribution is -0.150. The molecule has 0 unspecified atom stereocenters. The van der Waals surface area contributed by atoms with Crippen molar-refractivity contribution in [3.8, 4) is 0 Å². The van der Waals surface area contributed by atoms with Crippen LogP contribution < -0.4 is 5.32 Å². The lowest BCUT2D eigenvalue weighted by Gasteiger charge is -2.22. The molecule has 1 aromatic carbocycles. The van der Waals surface area contributed by atoms with Crippen molar-refractivity contribution in [3.05, 3.63) is 35.9 Å². The van der Waals surface area contributed by atoms with E-state index in [1.54, 1.807) is 31.2 Å². The molecular weight excluding hydrogens is 314 g/mol. The van der Waals surface area contributed by atoms with Crippen LogP contribution in [0.1, 0.15) is 25.0 Å². The van der Waals surface area contributed by atoms with Crippen LogP contribution in [0.25, 0.3) is 0 Å². The summed E-state index contributed by atoms with van der Waals surface area (Å²) in [6.07, 6.45) is -0.803. The molecule has 1 N–H and O–H groups in total. The zero-order chi connectivity index (χ0) is 18.1. The van der Waals surface area contributed by atoms with E-state index in [4.69, 9.17) is 9.47 Å². The number of rotatable bonds is 8. The third kappa shape index (κ3) is 5.34. The van der Waals surface area contributed by atoms with Gasteiger partial charge in [-0.2, -0.15) is 0 Å². The van der Waals surface area contributed by atoms with Gasteiger partial charge in [0.2, 0.25) is 0 Å². The number of ether oxygens (including phenoxy) is 3. The molecule has 7 nitrogen and oxygen atoms in total. The minimum absolute atomic E-state index is 0.0658. The molecule has 0 aliphatic carbocycles. The number of amides is 1. The van der Waals surface area contributed by atoms with E-state index < -0.39 is 35.9 Å². The molecule has 132 valence electrons. The topological polar surface area (TPSA) is 90.9 Å². The molecule has 3 atom stereocenters. The van der Waals surface area contributed by atoms with Gasteiger partial charge in [0.1, 0.15) is 6.04 Å². The van der Waals surface area contributed by atoms with Crippen LogP contribution in [0.5, 0.6) is 0 Å². The average molecular weight is 337 g/mol. The summed E-state index contributed by atoms with van der Waals surface area (Å²) in [7, 11) is 3.89. The van der Waals surface area contributed by atoms with Gasteiger partial charge in [-0.05, 0) is 12.0 Å². The molecule has 0 fully saturated rings. The normalized spacial score (nSPS) is 14.2. The van der Waals surface area contributed by atoms with Crippen LogP contribution in [0.2, 0.25) is 0 Å². The maximum absolute atomic E-state index is 12.5. The number of esters is 2. The van der Waals surface area contributed by atoms with E-state index in [1.165, 1.54) is 21.3 Å². The number of nitrogens with one attached hydrogen (secondary N) is 1. The Morgan fingerprint density at radius 3 is 2.08 bits per heavy atom. The third-order valence-corrected chi connectivity index (χ3v) is 3.57. The molecule has 0 aromatic heterocycles. The molecule has 1 aromatic rings. The summed E-state index contributed by atoms with van der Waals surface area (Å²) in [4.78, 5) is 35.9. The first-order chi connectivity index (χ1) is 11.4. The van der Waals surface area contributed by atoms with Gasteiger partial charge >= 0.3 is 11.9 Å². The van der Waals surface area contributed by atoms with Crippen LogP contribution in [0.3, 0.4) is 0 Å². The Hall–Kier alpha value is -2.41. The first kappa shape index (κ1) is 19.6. The van der Waals surface area contributed by atoms with Crippen molar-refractivity contribution in [1.82, 2.24) is 5.32 Å². The number of hydrogen-bond acceptors (Lipinski definition) is 6. The number of carbonyl (C=O) groups excluding carboxylic acids is 3. The smallest absolute Gasteiger partial charge is 0.328 e. The first-order valence-corrected chi connectivity index (χ1v) is 7.48. The van der Waals surface area contributed by atoms with Crippen molar-refractivity contribution in [1.29, 1.82) is 0 Å². The second-order valence-electron chi connectivity index (χ2n) is 5.27. The van der Waals surface area contributed by atoms with E-state index in [-0.39, 0.29) is 6.42 Å². The predicted octanol–water partition coefficient (Wildman–Crippen LogP) is 1.23. The molecule has 0 aliphatic rings. The summed E-state index contributed by atoms with van der Waals surface area (Å²) in [6, 6.07) is 7.91. The van der Waals surface area contributed by atoms with Crippen LogP contribution in [-0.2, 0) is 28.6 Å². The van der Waals surface area contributed by atoms with E-state index in [0.717, 1.165) is 0 Å². The zero-order valence-electron chi connectivity index (χ0n) is 14.3. The van der Waals surface area contributed by atoms with Crippen LogP contribution in [0.4, 0.5) is 0 Å². The van der Waals surface area contributed by atoms with Gasteiger partial charge in [-0.1, -0.05) is 37.3 Å². The second-order valence-corrected chi connectivity index (χ2v) is 5.27. The summed E-state index contributed by atoms with van der Waals surface area (Å²) < 4.78 is 14.6. The monoisotopic (exact) mass is 337 g/mol. The maximum Gasteiger partial charge on any atom is 0.328 e. The molecule has 0 bridgehead atoms. The highest BCUT2D eigenvalue weighted by Crippen LogP contribution is 2.17. The molecule has 0 spiro atoms. The molecule has 0 heterocycles. The molecular formula is C17H23NO6. The lowest BCUT2D eigenvalue weighted by Crippen LogP contribution is -2.45. The van der Waals surface area contributed by atoms with Crippen molar-refractivity contribution in [2.24, 2.45) is 5.92 Å². The Morgan fingerprint density at radius 2 is 1.58 bits per heavy atom. The van der Waals surface area contributed by atoms with Crippen LogP contribution in [-0.4, -0.2) is 45.2 Å². The quantitative estimate of drug-likeness (QED) is 0.718. The summed E-state index contributed by atoms with van der Waals surface area (Å²) in [5, 5.41) is 2.58. The Labute approximate surface area is 141 Å². The lowest BCUT2D eigenvalue weighted by atomic mass is 10.0. The number of methoxy groups -OCH3 is 3. The second kappa shape index (κ2) is 9.67. The van der Waals surface area contributed by atoms with Gasteiger partial charge < -0.3 is 19.5 Å². The number of benzene rings is 1. The molecule has 0 aliphatic heterocycles. The largest absolute Gasteiger partial charge is 0.469 e. The number of hydrogen-bond donors (Lipinski definition) is 1. The van der Waals surface area contributed by atoms with E-state index in [9.17, 15) is 14.4 Å². The fraction of sp³-hybridized carbons (Fsp3) is 0.471. The molecule has 0 radical (unpaired) electrons. The predicted molar refractivity (Wildman–Crippen MR) is 85.9 cm³/mol. The average Bonchev–Trinajstić information content (AvgIpc) is 2.61. The zero-order valence-corrected chi connectivity index (χ0v) is 14.3. The van der Waals surface area contributed by atoms with Gasteiger partial charge in [0, 0.05) is 7.11 Å². The first-order valence-electron chi connectivity index (χ1n) is 7.48. The van der Waals surface area contributed by atoms with E-state index in [2.05, 4.69) is 10.1 Å². The molecule has 24 heavy (non-hydrogen) atoms. The fourth-order valence-corrected chi connectivity index (χ4v) is 2.28. The van der Waals surface area contributed by atoms with Gasteiger partial charge in [0.25, 0.3) is 5.91 Å². The highest BCUT2D eigenvalue weighted by atomic mass is 16.5. The summed E-state index contributed by atoms with van der Waals surface area (Å²) in [5.74, 6) is -2.17. The fourth-order valence-electron chi connectivity index (χ4n) is 2.28. The van der Waals surface area contributed by atoms with Crippen molar-refractivity contribution in [3.63, 3.8) is 0 Å². The van der Waals surface area contributed by atoms with Crippen molar-refractivity contribution >= 4 is 17.8 Å². The van der Waals surface area contributed by atoms with E-state index in [0.29, 0.717) is 5.56 Å². The Balaban J connectivity index is 2.86. The van der Waals surface area contributed by atoms with Gasteiger partial charge in [-0.3, -0.25) is 9.59 Å². The molecule has 1 rings (SSSR count). The SMILES string of the molecule is COC(=O)[C@@H](C)C[C@@H](NC(=O)[C@H](OC)c1ccccc1)C(=O)OC. The third-order valence-electron chi connectivity index (χ3n) is 3.57. The van der Waals surface area contributed by atoms with Crippen LogP contribution in [0, 0.1) is 5.92 Å². The van der Waals surface area contributed by atoms with Gasteiger partial charge in [-0.15, -0.1) is 0 Å². The minimum Gasteiger partial charge on any atom is -0.469 e. The molecule has 7 heteroatoms.